The van der Waals surface area contributed by atoms with Gasteiger partial charge in [0.15, 0.2) is 0 Å². The molecule has 242 valence electrons. The minimum absolute atomic E-state index is 0.176. The van der Waals surface area contributed by atoms with Gasteiger partial charge in [-0.1, -0.05) is 54.6 Å². The number of fused-ring (bicyclic) bond motifs is 3. The fraction of sp³-hybridized carbons (Fsp3) is 0.450. The van der Waals surface area contributed by atoms with Crippen LogP contribution in [-0.2, 0) is 15.1 Å². The first-order valence-corrected chi connectivity index (χ1v) is 17.1. The van der Waals surface area contributed by atoms with E-state index in [1.54, 1.807) is 6.92 Å². The molecule has 0 saturated heterocycles. The van der Waals surface area contributed by atoms with Gasteiger partial charge in [-0.15, -0.1) is 0 Å². The van der Waals surface area contributed by atoms with Crippen molar-refractivity contribution in [3.05, 3.63) is 101 Å². The number of carbonyl (C=O) groups excluding carboxylic acids is 1. The number of nitrogens with zero attached hydrogens (tertiary/aromatic N) is 3. The molecule has 1 heterocycles. The summed E-state index contributed by atoms with van der Waals surface area (Å²) < 4.78 is 6.92. The first-order chi connectivity index (χ1) is 22.1. The van der Waals surface area contributed by atoms with Gasteiger partial charge >= 0.3 is 0 Å². The van der Waals surface area contributed by atoms with Crippen molar-refractivity contribution in [2.24, 2.45) is 16.8 Å². The van der Waals surface area contributed by atoms with E-state index in [2.05, 4.69) is 110 Å². The van der Waals surface area contributed by atoms with Gasteiger partial charge in [0.2, 0.25) is 0 Å². The highest BCUT2D eigenvalue weighted by molar-refractivity contribution is 5.84. The number of allylic oxidation sites excluding steroid dienone is 1. The molecule has 3 aromatic carbocycles. The van der Waals surface area contributed by atoms with E-state index in [0.717, 1.165) is 67.0 Å². The van der Waals surface area contributed by atoms with E-state index in [-0.39, 0.29) is 11.8 Å². The summed E-state index contributed by atoms with van der Waals surface area (Å²) >= 11 is 0. The molecule has 6 rings (SSSR count). The van der Waals surface area contributed by atoms with Crippen molar-refractivity contribution in [1.82, 2.24) is 0 Å². The van der Waals surface area contributed by atoms with Crippen LogP contribution in [0.2, 0.25) is 0 Å². The Hall–Kier alpha value is -3.90. The zero-order valence-electron chi connectivity index (χ0n) is 28.1. The number of aliphatic imine (C=N–C) groups is 1. The molecule has 3 aromatic rings. The second-order valence-electron chi connectivity index (χ2n) is 14.0. The summed E-state index contributed by atoms with van der Waals surface area (Å²) in [7, 11) is 2.05. The fourth-order valence-electron chi connectivity index (χ4n) is 7.42. The minimum Gasteiger partial charge on any atom is -0.481 e. The third-order valence-electron chi connectivity index (χ3n) is 10.3. The van der Waals surface area contributed by atoms with Gasteiger partial charge in [-0.05, 0) is 88.6 Å². The number of para-hydroxylation sites is 1. The third-order valence-corrected chi connectivity index (χ3v) is 10.3. The maximum Gasteiger partial charge on any atom is 0.149 e. The van der Waals surface area contributed by atoms with Gasteiger partial charge in [0.25, 0.3) is 0 Å². The molecule has 6 heteroatoms. The number of aliphatic hydroxyl groups excluding tert-OH is 1. The average Bonchev–Trinajstić information content (AvgIpc) is 3.07. The number of hydrogen-bond donors (Lipinski definition) is 1. The predicted octanol–water partition coefficient (Wildman–Crippen LogP) is 8.29. The van der Waals surface area contributed by atoms with Gasteiger partial charge in [0.05, 0.1) is 18.1 Å². The highest BCUT2D eigenvalue weighted by Crippen LogP contribution is 2.47. The molecule has 3 aliphatic rings. The monoisotopic (exact) mass is 619 g/mol. The summed E-state index contributed by atoms with van der Waals surface area (Å²) in [5.74, 6) is 2.19. The van der Waals surface area contributed by atoms with Crippen LogP contribution in [0.1, 0.15) is 94.4 Å². The zero-order chi connectivity index (χ0) is 32.4. The number of hydrogen-bond acceptors (Lipinski definition) is 6. The average molecular weight is 620 g/mol. The molecular formula is C40H49N3O3. The predicted molar refractivity (Wildman–Crippen MR) is 188 cm³/mol. The zero-order valence-corrected chi connectivity index (χ0v) is 28.1. The van der Waals surface area contributed by atoms with E-state index in [0.29, 0.717) is 24.5 Å². The molecule has 2 aliphatic carbocycles. The lowest BCUT2D eigenvalue weighted by atomic mass is 9.70. The van der Waals surface area contributed by atoms with Crippen LogP contribution in [-0.4, -0.2) is 43.5 Å². The molecule has 2 atom stereocenters. The minimum atomic E-state index is -0.543. The van der Waals surface area contributed by atoms with E-state index >= 15 is 0 Å². The smallest absolute Gasteiger partial charge is 0.149 e. The van der Waals surface area contributed by atoms with Crippen LogP contribution < -0.4 is 9.80 Å². The maximum atomic E-state index is 12.4. The molecule has 0 aromatic heterocycles. The normalized spacial score (nSPS) is 22.2. The molecular weight excluding hydrogens is 570 g/mol. The topological polar surface area (TPSA) is 65.4 Å². The van der Waals surface area contributed by atoms with E-state index in [1.807, 2.05) is 6.34 Å². The summed E-state index contributed by atoms with van der Waals surface area (Å²) in [5, 5.41) is 9.50. The number of carbonyl (C=O) groups is 1. The van der Waals surface area contributed by atoms with Crippen LogP contribution in [0.5, 0.6) is 0 Å². The Labute approximate surface area is 274 Å². The quantitative estimate of drug-likeness (QED) is 0.247. The lowest BCUT2D eigenvalue weighted by molar-refractivity contribution is -0.127. The lowest BCUT2D eigenvalue weighted by Gasteiger charge is -2.36. The Morgan fingerprint density at radius 2 is 1.78 bits per heavy atom. The van der Waals surface area contributed by atoms with Crippen molar-refractivity contribution in [2.45, 2.75) is 83.8 Å². The molecule has 1 aliphatic heterocycles. The molecule has 0 spiro atoms. The molecule has 2 unspecified atom stereocenters. The molecule has 0 amide bonds. The molecule has 0 radical (unpaired) electrons. The van der Waals surface area contributed by atoms with Crippen molar-refractivity contribution < 1.29 is 14.6 Å². The first-order valence-electron chi connectivity index (χ1n) is 17.1. The third kappa shape index (κ3) is 6.64. The number of rotatable bonds is 10. The van der Waals surface area contributed by atoms with Crippen molar-refractivity contribution in [1.29, 1.82) is 0 Å². The second-order valence-corrected chi connectivity index (χ2v) is 14.0. The summed E-state index contributed by atoms with van der Waals surface area (Å²) in [6, 6.07) is 26.2. The van der Waals surface area contributed by atoms with Gasteiger partial charge in [0.1, 0.15) is 17.1 Å². The van der Waals surface area contributed by atoms with E-state index in [9.17, 15) is 9.90 Å². The highest BCUT2D eigenvalue weighted by atomic mass is 16.5. The number of anilines is 2. The SMILES string of the molecule is CCN(CCC1CC(C(=O)CCC(C)O)C1)c1ccc(C2CC3=C(OC(C)(C)c4ccccc4N(C)C=N3)c3ccccc32)cc1. The lowest BCUT2D eigenvalue weighted by Crippen LogP contribution is -2.34. The Balaban J connectivity index is 1.17. The summed E-state index contributed by atoms with van der Waals surface area (Å²) in [6.07, 6.45) is 6.49. The van der Waals surface area contributed by atoms with E-state index in [1.165, 1.54) is 16.8 Å². The number of aliphatic hydroxyl groups is 1. The number of benzene rings is 3. The molecule has 46 heavy (non-hydrogen) atoms. The molecule has 1 fully saturated rings. The van der Waals surface area contributed by atoms with Gasteiger partial charge in [-0.25, -0.2) is 4.99 Å². The van der Waals surface area contributed by atoms with Crippen LogP contribution in [0.15, 0.2) is 83.5 Å². The first kappa shape index (κ1) is 32.1. The van der Waals surface area contributed by atoms with Crippen LogP contribution >= 0.6 is 0 Å². The molecule has 1 N–H and O–H groups in total. The van der Waals surface area contributed by atoms with Crippen LogP contribution in [0, 0.1) is 11.8 Å². The van der Waals surface area contributed by atoms with Crippen LogP contribution in [0.4, 0.5) is 11.4 Å². The van der Waals surface area contributed by atoms with Gasteiger partial charge in [0, 0.05) is 67.3 Å². The Bertz CT molecular complexity index is 1600. The Morgan fingerprint density at radius 3 is 2.52 bits per heavy atom. The maximum absolute atomic E-state index is 12.4. The standard InChI is InChI=1S/C40H49N3O3/c1-6-43(22-21-28-23-30(24-28)38(45)20-15-27(2)44)31-18-16-29(17-19-31)34-25-36-39(33-12-8-7-11-32(33)34)46-40(3,4)35-13-9-10-14-37(35)42(5)26-41-36/h7-14,16-19,26-28,30,34,44H,6,15,20-25H2,1-5H3. The Morgan fingerprint density at radius 1 is 1.07 bits per heavy atom. The number of ketones is 1. The Kier molecular flexibility index (Phi) is 9.37. The largest absolute Gasteiger partial charge is 0.481 e. The summed E-state index contributed by atoms with van der Waals surface area (Å²) in [5.41, 5.74) is 7.56. The van der Waals surface area contributed by atoms with Gasteiger partial charge < -0.3 is 19.6 Å². The van der Waals surface area contributed by atoms with E-state index < -0.39 is 11.7 Å². The summed E-state index contributed by atoms with van der Waals surface area (Å²) in [4.78, 5) is 22.0. The van der Waals surface area contributed by atoms with Crippen LogP contribution in [0.3, 0.4) is 0 Å². The number of ether oxygens (including phenoxy) is 1. The van der Waals surface area contributed by atoms with E-state index in [4.69, 9.17) is 9.73 Å². The molecule has 0 bridgehead atoms. The van der Waals surface area contributed by atoms with Crippen LogP contribution in [0.25, 0.3) is 5.76 Å². The van der Waals surface area contributed by atoms with Gasteiger partial charge in [-0.3, -0.25) is 4.79 Å². The second kappa shape index (κ2) is 13.4. The highest BCUT2D eigenvalue weighted by Gasteiger charge is 2.36. The van der Waals surface area contributed by atoms with Gasteiger partial charge in [-0.2, -0.15) is 0 Å². The molecule has 1 saturated carbocycles. The fourth-order valence-corrected chi connectivity index (χ4v) is 7.42. The van der Waals surface area contributed by atoms with Crippen molar-refractivity contribution in [3.8, 4) is 0 Å². The molecule has 6 nitrogen and oxygen atoms in total. The van der Waals surface area contributed by atoms with Crippen molar-refractivity contribution in [3.63, 3.8) is 0 Å². The van der Waals surface area contributed by atoms with Crippen molar-refractivity contribution >= 4 is 29.3 Å². The number of Topliss-reactive ketones (excluding diaryl/α,β-unsaturated/α-hetero) is 1. The van der Waals surface area contributed by atoms with Crippen molar-refractivity contribution in [2.75, 3.05) is 29.9 Å². The summed E-state index contributed by atoms with van der Waals surface area (Å²) in [6.45, 7) is 10.2.